The Kier molecular flexibility index (Phi) is 7.92. The Bertz CT molecular complexity index is 535. The molecule has 0 aliphatic carbocycles. The summed E-state index contributed by atoms with van der Waals surface area (Å²) >= 11 is 0. The Morgan fingerprint density at radius 2 is 1.52 bits per heavy atom. The highest BCUT2D eigenvalue weighted by atomic mass is 16.6. The van der Waals surface area contributed by atoms with Gasteiger partial charge in [-0.15, -0.1) is 0 Å². The second-order valence-corrected chi connectivity index (χ2v) is 8.66. The fourth-order valence-electron chi connectivity index (χ4n) is 2.78. The summed E-state index contributed by atoms with van der Waals surface area (Å²) in [5, 5.41) is 2.77. The molecule has 1 aliphatic rings. The van der Waals surface area contributed by atoms with Gasteiger partial charge >= 0.3 is 18.2 Å². The number of hydrogen-bond donors (Lipinski definition) is 1. The highest BCUT2D eigenvalue weighted by Crippen LogP contribution is 2.22. The van der Waals surface area contributed by atoms with Gasteiger partial charge in [0.1, 0.15) is 11.2 Å². The topological polar surface area (TPSA) is 94.2 Å². The van der Waals surface area contributed by atoms with Crippen molar-refractivity contribution in [3.8, 4) is 0 Å². The summed E-state index contributed by atoms with van der Waals surface area (Å²) in [6.07, 6.45) is -0.240. The molecular formula is C19H34N2O6. The van der Waals surface area contributed by atoms with Crippen LogP contribution in [-0.4, -0.2) is 60.0 Å². The molecule has 1 saturated heterocycles. The van der Waals surface area contributed by atoms with Crippen molar-refractivity contribution in [2.75, 3.05) is 19.7 Å². The van der Waals surface area contributed by atoms with E-state index in [1.54, 1.807) is 53.4 Å². The van der Waals surface area contributed by atoms with Gasteiger partial charge in [0, 0.05) is 19.1 Å². The molecule has 0 aromatic heterocycles. The molecule has 0 bridgehead atoms. The zero-order chi connectivity index (χ0) is 20.8. The molecule has 1 aliphatic heterocycles. The lowest BCUT2D eigenvalue weighted by Crippen LogP contribution is -2.46. The first-order chi connectivity index (χ1) is 12.3. The smallest absolute Gasteiger partial charge is 0.410 e. The van der Waals surface area contributed by atoms with Crippen LogP contribution in [0.4, 0.5) is 9.59 Å². The van der Waals surface area contributed by atoms with E-state index in [-0.39, 0.29) is 12.6 Å². The lowest BCUT2D eigenvalue weighted by molar-refractivity contribution is -0.149. The van der Waals surface area contributed by atoms with Crippen molar-refractivity contribution in [2.45, 2.75) is 78.6 Å². The minimum atomic E-state index is -0.642. The predicted octanol–water partition coefficient (Wildman–Crippen LogP) is 3.09. The van der Waals surface area contributed by atoms with Crippen LogP contribution in [-0.2, 0) is 19.0 Å². The van der Waals surface area contributed by atoms with E-state index in [1.165, 1.54) is 0 Å². The SMILES string of the molecule is CCOC(=O)C1CCN(C(=O)OC(C)(C)C)CCC1NC(=O)OC(C)(C)C. The number of carbonyl (C=O) groups is 3. The highest BCUT2D eigenvalue weighted by Gasteiger charge is 2.36. The number of ether oxygens (including phenoxy) is 3. The van der Waals surface area contributed by atoms with Gasteiger partial charge in [-0.2, -0.15) is 0 Å². The molecule has 2 atom stereocenters. The van der Waals surface area contributed by atoms with Crippen molar-refractivity contribution in [2.24, 2.45) is 5.92 Å². The van der Waals surface area contributed by atoms with Gasteiger partial charge in [-0.05, 0) is 61.3 Å². The average molecular weight is 386 g/mol. The molecular weight excluding hydrogens is 352 g/mol. The standard InChI is InChI=1S/C19H34N2O6/c1-8-25-15(22)13-9-11-21(17(24)27-19(5,6)7)12-10-14(13)20-16(23)26-18(2,3)4/h13-14H,8-12H2,1-7H3,(H,20,23). The molecule has 2 amide bonds. The van der Waals surface area contributed by atoms with Gasteiger partial charge in [0.05, 0.1) is 12.5 Å². The van der Waals surface area contributed by atoms with Crippen molar-refractivity contribution in [1.82, 2.24) is 10.2 Å². The van der Waals surface area contributed by atoms with Crippen LogP contribution >= 0.6 is 0 Å². The van der Waals surface area contributed by atoms with E-state index in [0.717, 1.165) is 0 Å². The molecule has 0 saturated carbocycles. The van der Waals surface area contributed by atoms with Crippen LogP contribution in [0.25, 0.3) is 0 Å². The number of nitrogens with zero attached hydrogens (tertiary/aromatic N) is 1. The van der Waals surface area contributed by atoms with Crippen molar-refractivity contribution in [3.63, 3.8) is 0 Å². The number of hydrogen-bond acceptors (Lipinski definition) is 6. The Balaban J connectivity index is 2.86. The summed E-state index contributed by atoms with van der Waals surface area (Å²) in [6, 6.07) is -0.480. The van der Waals surface area contributed by atoms with Crippen LogP contribution in [0.15, 0.2) is 0 Å². The van der Waals surface area contributed by atoms with Gasteiger partial charge in [0.25, 0.3) is 0 Å². The second kappa shape index (κ2) is 9.28. The van der Waals surface area contributed by atoms with Gasteiger partial charge in [0.2, 0.25) is 0 Å². The first-order valence-electron chi connectivity index (χ1n) is 9.46. The van der Waals surface area contributed by atoms with Gasteiger partial charge in [-0.1, -0.05) is 0 Å². The second-order valence-electron chi connectivity index (χ2n) is 8.66. The van der Waals surface area contributed by atoms with Gasteiger partial charge in [0.15, 0.2) is 0 Å². The zero-order valence-corrected chi connectivity index (χ0v) is 17.6. The van der Waals surface area contributed by atoms with E-state index in [2.05, 4.69) is 5.32 Å². The maximum atomic E-state index is 12.4. The number of nitrogens with one attached hydrogen (secondary N) is 1. The molecule has 8 heteroatoms. The van der Waals surface area contributed by atoms with E-state index in [4.69, 9.17) is 14.2 Å². The van der Waals surface area contributed by atoms with Crippen LogP contribution in [0.5, 0.6) is 0 Å². The van der Waals surface area contributed by atoms with E-state index in [9.17, 15) is 14.4 Å². The van der Waals surface area contributed by atoms with Crippen LogP contribution in [0.1, 0.15) is 61.3 Å². The van der Waals surface area contributed by atoms with Crippen LogP contribution in [0.3, 0.4) is 0 Å². The molecule has 0 radical (unpaired) electrons. The van der Waals surface area contributed by atoms with Crippen molar-refractivity contribution < 1.29 is 28.6 Å². The fourth-order valence-corrected chi connectivity index (χ4v) is 2.78. The molecule has 0 spiro atoms. The third kappa shape index (κ3) is 8.49. The molecule has 1 rings (SSSR count). The van der Waals surface area contributed by atoms with Gasteiger partial charge < -0.3 is 24.4 Å². The summed E-state index contributed by atoms with van der Waals surface area (Å²) < 4.78 is 15.9. The summed E-state index contributed by atoms with van der Waals surface area (Å²) in [7, 11) is 0. The Hall–Kier alpha value is -1.99. The molecule has 2 unspecified atom stereocenters. The third-order valence-corrected chi connectivity index (χ3v) is 3.85. The summed E-state index contributed by atoms with van der Waals surface area (Å²) in [4.78, 5) is 38.5. The van der Waals surface area contributed by atoms with E-state index < -0.39 is 35.3 Å². The van der Waals surface area contributed by atoms with Gasteiger partial charge in [-0.3, -0.25) is 4.79 Å². The number of alkyl carbamates (subject to hydrolysis) is 1. The lowest BCUT2D eigenvalue weighted by atomic mass is 9.95. The number of amides is 2. The van der Waals surface area contributed by atoms with Crippen LogP contribution in [0.2, 0.25) is 0 Å². The average Bonchev–Trinajstić information content (AvgIpc) is 2.66. The number of esters is 1. The Morgan fingerprint density at radius 1 is 0.963 bits per heavy atom. The first-order valence-corrected chi connectivity index (χ1v) is 9.46. The number of carbonyl (C=O) groups excluding carboxylic acids is 3. The molecule has 0 aromatic rings. The zero-order valence-electron chi connectivity index (χ0n) is 17.6. The van der Waals surface area contributed by atoms with Crippen LogP contribution in [0, 0.1) is 5.92 Å². The normalized spacial score (nSPS) is 21.1. The number of rotatable bonds is 3. The summed E-state index contributed by atoms with van der Waals surface area (Å²) in [6.45, 7) is 13.4. The highest BCUT2D eigenvalue weighted by molar-refractivity contribution is 5.76. The predicted molar refractivity (Wildman–Crippen MR) is 100 cm³/mol. The summed E-state index contributed by atoms with van der Waals surface area (Å²) in [5.41, 5.74) is -1.24. The molecule has 8 nitrogen and oxygen atoms in total. The first kappa shape index (κ1) is 23.0. The molecule has 156 valence electrons. The van der Waals surface area contributed by atoms with Crippen LogP contribution < -0.4 is 5.32 Å². The Morgan fingerprint density at radius 3 is 2.04 bits per heavy atom. The molecule has 1 fully saturated rings. The monoisotopic (exact) mass is 386 g/mol. The minimum Gasteiger partial charge on any atom is -0.466 e. The largest absolute Gasteiger partial charge is 0.466 e. The maximum absolute atomic E-state index is 12.4. The van der Waals surface area contributed by atoms with E-state index in [1.807, 2.05) is 0 Å². The van der Waals surface area contributed by atoms with E-state index >= 15 is 0 Å². The lowest BCUT2D eigenvalue weighted by Gasteiger charge is -2.26. The van der Waals surface area contributed by atoms with Crippen molar-refractivity contribution >= 4 is 18.2 Å². The summed E-state index contributed by atoms with van der Waals surface area (Å²) in [5.74, 6) is -0.936. The third-order valence-electron chi connectivity index (χ3n) is 3.85. The Labute approximate surface area is 161 Å². The van der Waals surface area contributed by atoms with Gasteiger partial charge in [-0.25, -0.2) is 9.59 Å². The molecule has 1 heterocycles. The number of likely N-dealkylation sites (tertiary alicyclic amines) is 1. The molecule has 1 N–H and O–H groups in total. The quantitative estimate of drug-likeness (QED) is 0.592. The molecule has 27 heavy (non-hydrogen) atoms. The van der Waals surface area contributed by atoms with E-state index in [0.29, 0.717) is 25.9 Å². The maximum Gasteiger partial charge on any atom is 0.410 e. The fraction of sp³-hybridized carbons (Fsp3) is 0.842. The van der Waals surface area contributed by atoms with Crippen molar-refractivity contribution in [1.29, 1.82) is 0 Å². The minimum absolute atomic E-state index is 0.254. The van der Waals surface area contributed by atoms with Crippen molar-refractivity contribution in [3.05, 3.63) is 0 Å². The molecule has 0 aromatic carbocycles.